The molecule has 0 aromatic rings. The van der Waals surface area contributed by atoms with Gasteiger partial charge in [0, 0.05) is 38.3 Å². The molecule has 0 aliphatic carbocycles. The number of piperidine rings is 1. The third-order valence-electron chi connectivity index (χ3n) is 3.73. The van der Waals surface area contributed by atoms with Crippen LogP contribution in [0.1, 0.15) is 25.7 Å². The molecule has 4 nitrogen and oxygen atoms in total. The fraction of sp³-hybridized carbons (Fsp3) is 0.769. The first-order valence-corrected chi connectivity index (χ1v) is 6.54. The second-order valence-electron chi connectivity index (χ2n) is 4.89. The van der Waals surface area contributed by atoms with E-state index in [1.807, 2.05) is 6.20 Å². The molecule has 2 aliphatic heterocycles. The molecule has 0 radical (unpaired) electrons. The van der Waals surface area contributed by atoms with Gasteiger partial charge in [-0.15, -0.1) is 0 Å². The van der Waals surface area contributed by atoms with Gasteiger partial charge in [0.05, 0.1) is 0 Å². The highest BCUT2D eigenvalue weighted by molar-refractivity contribution is 5.79. The van der Waals surface area contributed by atoms with E-state index in [2.05, 4.69) is 16.8 Å². The summed E-state index contributed by atoms with van der Waals surface area (Å²) in [6, 6.07) is 0.349. The summed E-state index contributed by atoms with van der Waals surface area (Å²) in [5.41, 5.74) is 0. The van der Waals surface area contributed by atoms with E-state index in [1.54, 1.807) is 0 Å². The predicted molar refractivity (Wildman–Crippen MR) is 66.5 cm³/mol. The van der Waals surface area contributed by atoms with Crippen LogP contribution in [0.5, 0.6) is 0 Å². The summed E-state index contributed by atoms with van der Waals surface area (Å²) in [4.78, 5) is 14.2. The highest BCUT2D eigenvalue weighted by Gasteiger charge is 2.25. The number of nitrogens with zero attached hydrogens (tertiary/aromatic N) is 1. The van der Waals surface area contributed by atoms with Crippen LogP contribution < -0.4 is 5.32 Å². The molecule has 17 heavy (non-hydrogen) atoms. The third-order valence-corrected chi connectivity index (χ3v) is 3.73. The minimum Gasteiger partial charge on any atom is -0.381 e. The second kappa shape index (κ2) is 6.05. The van der Waals surface area contributed by atoms with Crippen molar-refractivity contribution in [1.82, 2.24) is 10.2 Å². The van der Waals surface area contributed by atoms with Gasteiger partial charge in [-0.2, -0.15) is 0 Å². The molecule has 1 amide bonds. The number of nitrogens with one attached hydrogen (secondary N) is 1. The Hall–Kier alpha value is -1.03. The number of likely N-dealkylation sites (tertiary alicyclic amines) is 1. The van der Waals surface area contributed by atoms with E-state index in [-0.39, 0.29) is 11.8 Å². The average molecular weight is 238 g/mol. The molecule has 2 aliphatic rings. The Balaban J connectivity index is 1.73. The quantitative estimate of drug-likeness (QED) is 0.801. The normalized spacial score (nSPS) is 23.4. The number of hydrogen-bond donors (Lipinski definition) is 1. The summed E-state index contributed by atoms with van der Waals surface area (Å²) < 4.78 is 5.27. The molecule has 2 heterocycles. The van der Waals surface area contributed by atoms with Gasteiger partial charge in [-0.1, -0.05) is 6.58 Å². The van der Waals surface area contributed by atoms with E-state index in [0.29, 0.717) is 6.04 Å². The Morgan fingerprint density at radius 1 is 1.24 bits per heavy atom. The number of amides is 1. The van der Waals surface area contributed by atoms with Crippen LogP contribution in [0, 0.1) is 5.92 Å². The number of rotatable bonds is 3. The lowest BCUT2D eigenvalue weighted by atomic mass is 9.97. The summed E-state index contributed by atoms with van der Waals surface area (Å²) in [5.74, 6) is 0.395. The van der Waals surface area contributed by atoms with E-state index >= 15 is 0 Å². The van der Waals surface area contributed by atoms with E-state index in [1.165, 1.54) is 0 Å². The molecule has 0 unspecified atom stereocenters. The van der Waals surface area contributed by atoms with Gasteiger partial charge in [-0.05, 0) is 31.9 Å². The Kier molecular flexibility index (Phi) is 4.42. The fourth-order valence-corrected chi connectivity index (χ4v) is 2.51. The molecule has 0 atom stereocenters. The number of hydrogen-bond acceptors (Lipinski definition) is 3. The summed E-state index contributed by atoms with van der Waals surface area (Å²) in [7, 11) is 0. The molecule has 2 fully saturated rings. The monoisotopic (exact) mass is 238 g/mol. The van der Waals surface area contributed by atoms with Crippen LogP contribution in [0.15, 0.2) is 12.8 Å². The lowest BCUT2D eigenvalue weighted by molar-refractivity contribution is -0.128. The Bertz CT molecular complexity index is 267. The van der Waals surface area contributed by atoms with Crippen molar-refractivity contribution in [2.45, 2.75) is 31.7 Å². The molecule has 4 heteroatoms. The van der Waals surface area contributed by atoms with Gasteiger partial charge in [-0.3, -0.25) is 4.79 Å². The van der Waals surface area contributed by atoms with Crippen LogP contribution >= 0.6 is 0 Å². The van der Waals surface area contributed by atoms with Crippen molar-refractivity contribution in [2.24, 2.45) is 5.92 Å². The maximum absolute atomic E-state index is 12.0. The summed E-state index contributed by atoms with van der Waals surface area (Å²) in [5, 5.41) is 3.18. The van der Waals surface area contributed by atoms with E-state index in [0.717, 1.165) is 52.0 Å². The predicted octanol–water partition coefficient (Wildman–Crippen LogP) is 1.14. The van der Waals surface area contributed by atoms with Crippen molar-refractivity contribution in [1.29, 1.82) is 0 Å². The molecule has 0 aromatic carbocycles. The number of ether oxygens (including phenoxy) is 1. The molecule has 0 spiro atoms. The van der Waals surface area contributed by atoms with E-state index in [9.17, 15) is 4.79 Å². The smallest absolute Gasteiger partial charge is 0.223 e. The van der Waals surface area contributed by atoms with Gasteiger partial charge in [0.1, 0.15) is 0 Å². The van der Waals surface area contributed by atoms with Gasteiger partial charge in [-0.25, -0.2) is 0 Å². The maximum atomic E-state index is 12.0. The Labute approximate surface area is 103 Å². The number of carbonyl (C=O) groups is 1. The zero-order chi connectivity index (χ0) is 12.1. The lowest BCUT2D eigenvalue weighted by Gasteiger charge is -2.32. The third kappa shape index (κ3) is 3.46. The van der Waals surface area contributed by atoms with Crippen molar-refractivity contribution in [2.75, 3.05) is 26.3 Å². The van der Waals surface area contributed by atoms with Crippen LogP contribution in [0.2, 0.25) is 0 Å². The van der Waals surface area contributed by atoms with Crippen LogP contribution in [0.3, 0.4) is 0 Å². The van der Waals surface area contributed by atoms with Crippen molar-refractivity contribution in [3.8, 4) is 0 Å². The summed E-state index contributed by atoms with van der Waals surface area (Å²) >= 11 is 0. The van der Waals surface area contributed by atoms with Crippen LogP contribution in [-0.4, -0.2) is 43.2 Å². The minimum absolute atomic E-state index is 0.168. The molecular weight excluding hydrogens is 216 g/mol. The van der Waals surface area contributed by atoms with Crippen LogP contribution in [-0.2, 0) is 9.53 Å². The Morgan fingerprint density at radius 2 is 1.88 bits per heavy atom. The molecule has 0 aromatic heterocycles. The first kappa shape index (κ1) is 12.4. The van der Waals surface area contributed by atoms with Crippen molar-refractivity contribution >= 4 is 5.91 Å². The summed E-state index contributed by atoms with van der Waals surface area (Å²) in [6.07, 6.45) is 5.69. The van der Waals surface area contributed by atoms with Gasteiger partial charge >= 0.3 is 0 Å². The van der Waals surface area contributed by atoms with Gasteiger partial charge in [0.2, 0.25) is 5.91 Å². The molecule has 1 N–H and O–H groups in total. The van der Waals surface area contributed by atoms with Gasteiger partial charge < -0.3 is 15.0 Å². The zero-order valence-corrected chi connectivity index (χ0v) is 10.4. The molecular formula is C13H22N2O2. The molecule has 96 valence electrons. The first-order chi connectivity index (χ1) is 8.29. The maximum Gasteiger partial charge on any atom is 0.223 e. The van der Waals surface area contributed by atoms with Crippen LogP contribution in [0.4, 0.5) is 0 Å². The SMILES string of the molecule is C=CN1CCC(NC(=O)C2CCOCC2)CC1. The highest BCUT2D eigenvalue weighted by Crippen LogP contribution is 2.16. The number of carbonyl (C=O) groups excluding carboxylic acids is 1. The van der Waals surface area contributed by atoms with Gasteiger partial charge in [0.15, 0.2) is 0 Å². The molecule has 0 bridgehead atoms. The molecule has 2 rings (SSSR count). The van der Waals surface area contributed by atoms with E-state index < -0.39 is 0 Å². The van der Waals surface area contributed by atoms with Crippen molar-refractivity contribution in [3.63, 3.8) is 0 Å². The second-order valence-corrected chi connectivity index (χ2v) is 4.89. The topological polar surface area (TPSA) is 41.6 Å². The standard InChI is InChI=1S/C13H22N2O2/c1-2-15-7-3-12(4-8-15)14-13(16)11-5-9-17-10-6-11/h2,11-12H,1,3-10H2,(H,14,16). The van der Waals surface area contributed by atoms with Crippen molar-refractivity contribution in [3.05, 3.63) is 12.8 Å². The minimum atomic E-state index is 0.168. The average Bonchev–Trinajstić information content (AvgIpc) is 2.40. The first-order valence-electron chi connectivity index (χ1n) is 6.54. The van der Waals surface area contributed by atoms with Crippen molar-refractivity contribution < 1.29 is 9.53 Å². The zero-order valence-electron chi connectivity index (χ0n) is 10.4. The lowest BCUT2D eigenvalue weighted by Crippen LogP contribution is -2.45. The fourth-order valence-electron chi connectivity index (χ4n) is 2.51. The molecule has 0 saturated carbocycles. The van der Waals surface area contributed by atoms with Gasteiger partial charge in [0.25, 0.3) is 0 Å². The Morgan fingerprint density at radius 3 is 2.47 bits per heavy atom. The largest absolute Gasteiger partial charge is 0.381 e. The highest BCUT2D eigenvalue weighted by atomic mass is 16.5. The van der Waals surface area contributed by atoms with E-state index in [4.69, 9.17) is 4.74 Å². The summed E-state index contributed by atoms with van der Waals surface area (Å²) in [6.45, 7) is 7.23. The van der Waals surface area contributed by atoms with Crippen LogP contribution in [0.25, 0.3) is 0 Å². The molecule has 2 saturated heterocycles.